The van der Waals surface area contributed by atoms with Crippen molar-refractivity contribution in [1.82, 2.24) is 9.97 Å². The second kappa shape index (κ2) is 4.11. The van der Waals surface area contributed by atoms with E-state index in [4.69, 9.17) is 16.3 Å². The van der Waals surface area contributed by atoms with Crippen molar-refractivity contribution in [3.63, 3.8) is 0 Å². The van der Waals surface area contributed by atoms with Crippen LogP contribution in [0.1, 0.15) is 13.3 Å². The number of hydrogen-bond donors (Lipinski definition) is 1. The van der Waals surface area contributed by atoms with Gasteiger partial charge in [0.1, 0.15) is 17.3 Å². The average Bonchev–Trinajstić information content (AvgIpc) is 2.52. The van der Waals surface area contributed by atoms with E-state index in [2.05, 4.69) is 15.3 Å². The van der Waals surface area contributed by atoms with Gasteiger partial charge in [-0.05, 0) is 13.3 Å². The Labute approximate surface area is 87.7 Å². The van der Waals surface area contributed by atoms with Crippen LogP contribution in [0.2, 0.25) is 5.15 Å². The summed E-state index contributed by atoms with van der Waals surface area (Å²) in [5.41, 5.74) is 0. The number of nitrogens with one attached hydrogen (secondary N) is 1. The molecule has 1 aromatic rings. The number of ether oxygens (including phenoxy) is 1. The van der Waals surface area contributed by atoms with E-state index in [9.17, 15) is 0 Å². The molecule has 5 heteroatoms. The van der Waals surface area contributed by atoms with Gasteiger partial charge in [-0.25, -0.2) is 9.97 Å². The van der Waals surface area contributed by atoms with Gasteiger partial charge in [0.25, 0.3) is 0 Å². The summed E-state index contributed by atoms with van der Waals surface area (Å²) < 4.78 is 5.43. The highest BCUT2D eigenvalue weighted by atomic mass is 35.5. The van der Waals surface area contributed by atoms with Crippen LogP contribution in [-0.4, -0.2) is 28.7 Å². The monoisotopic (exact) mass is 213 g/mol. The molecular formula is C9H12ClN3O. The molecule has 2 unspecified atom stereocenters. The van der Waals surface area contributed by atoms with Crippen LogP contribution < -0.4 is 5.32 Å². The average molecular weight is 214 g/mol. The van der Waals surface area contributed by atoms with Gasteiger partial charge >= 0.3 is 0 Å². The smallest absolute Gasteiger partial charge is 0.134 e. The molecule has 2 heterocycles. The molecule has 2 rings (SSSR count). The van der Waals surface area contributed by atoms with Gasteiger partial charge in [-0.2, -0.15) is 0 Å². The zero-order chi connectivity index (χ0) is 9.97. The molecule has 4 nitrogen and oxygen atoms in total. The number of hydrogen-bond acceptors (Lipinski definition) is 4. The molecule has 0 amide bonds. The third-order valence-corrected chi connectivity index (χ3v) is 2.55. The Bertz CT molecular complexity index is 321. The van der Waals surface area contributed by atoms with Crippen LogP contribution in [0.3, 0.4) is 0 Å². The van der Waals surface area contributed by atoms with E-state index in [1.165, 1.54) is 6.33 Å². The van der Waals surface area contributed by atoms with Crippen molar-refractivity contribution in [2.45, 2.75) is 25.5 Å². The van der Waals surface area contributed by atoms with Gasteiger partial charge in [0.05, 0.1) is 12.1 Å². The van der Waals surface area contributed by atoms with Gasteiger partial charge in [0.15, 0.2) is 0 Å². The fourth-order valence-corrected chi connectivity index (χ4v) is 1.67. The van der Waals surface area contributed by atoms with E-state index in [1.54, 1.807) is 6.07 Å². The maximum atomic E-state index is 5.74. The lowest BCUT2D eigenvalue weighted by molar-refractivity contribution is 0.121. The Balaban J connectivity index is 2.03. The lowest BCUT2D eigenvalue weighted by Crippen LogP contribution is -2.27. The fraction of sp³-hybridized carbons (Fsp3) is 0.556. The van der Waals surface area contributed by atoms with E-state index < -0.39 is 0 Å². The van der Waals surface area contributed by atoms with E-state index in [0.29, 0.717) is 11.2 Å². The Morgan fingerprint density at radius 2 is 2.43 bits per heavy atom. The molecule has 14 heavy (non-hydrogen) atoms. The fourth-order valence-electron chi connectivity index (χ4n) is 1.52. The highest BCUT2D eigenvalue weighted by molar-refractivity contribution is 6.29. The number of halogens is 1. The van der Waals surface area contributed by atoms with Gasteiger partial charge in [-0.1, -0.05) is 11.6 Å². The molecular weight excluding hydrogens is 202 g/mol. The summed E-state index contributed by atoms with van der Waals surface area (Å²) in [6.45, 7) is 2.85. The third kappa shape index (κ3) is 2.13. The molecule has 0 bridgehead atoms. The number of aromatic nitrogens is 2. The van der Waals surface area contributed by atoms with Crippen molar-refractivity contribution in [3.8, 4) is 0 Å². The molecule has 0 aliphatic carbocycles. The van der Waals surface area contributed by atoms with E-state index in [0.717, 1.165) is 18.8 Å². The topological polar surface area (TPSA) is 47.0 Å². The van der Waals surface area contributed by atoms with Crippen molar-refractivity contribution in [2.24, 2.45) is 0 Å². The van der Waals surface area contributed by atoms with Crippen molar-refractivity contribution in [2.75, 3.05) is 11.9 Å². The second-order valence-corrected chi connectivity index (χ2v) is 3.73. The molecule has 0 radical (unpaired) electrons. The molecule has 0 spiro atoms. The second-order valence-electron chi connectivity index (χ2n) is 3.34. The first kappa shape index (κ1) is 9.68. The van der Waals surface area contributed by atoms with Gasteiger partial charge in [0.2, 0.25) is 0 Å². The normalized spacial score (nSPS) is 26.4. The van der Waals surface area contributed by atoms with E-state index in [1.807, 2.05) is 6.92 Å². The van der Waals surface area contributed by atoms with Crippen molar-refractivity contribution < 1.29 is 4.74 Å². The molecule has 76 valence electrons. The molecule has 1 N–H and O–H groups in total. The predicted octanol–water partition coefficient (Wildman–Crippen LogP) is 1.72. The van der Waals surface area contributed by atoms with Crippen molar-refractivity contribution in [3.05, 3.63) is 17.5 Å². The summed E-state index contributed by atoms with van der Waals surface area (Å²) in [4.78, 5) is 7.89. The maximum absolute atomic E-state index is 5.74. The predicted molar refractivity (Wildman–Crippen MR) is 54.5 cm³/mol. The largest absolute Gasteiger partial charge is 0.376 e. The molecule has 1 aliphatic heterocycles. The first-order chi connectivity index (χ1) is 6.75. The number of rotatable bonds is 2. The van der Waals surface area contributed by atoms with Gasteiger partial charge in [0, 0.05) is 12.7 Å². The highest BCUT2D eigenvalue weighted by Crippen LogP contribution is 2.18. The minimum absolute atomic E-state index is 0.226. The molecule has 0 saturated carbocycles. The highest BCUT2D eigenvalue weighted by Gasteiger charge is 2.24. The maximum Gasteiger partial charge on any atom is 0.134 e. The lowest BCUT2D eigenvalue weighted by atomic mass is 10.1. The van der Waals surface area contributed by atoms with Crippen LogP contribution in [0.15, 0.2) is 12.4 Å². The molecule has 1 fully saturated rings. The standard InChI is InChI=1S/C9H12ClN3O/c1-6-7(2-3-14-6)13-9-4-8(10)11-5-12-9/h4-7H,2-3H2,1H3,(H,11,12,13). The zero-order valence-electron chi connectivity index (χ0n) is 7.90. The molecule has 1 aliphatic rings. The number of nitrogens with zero attached hydrogens (tertiary/aromatic N) is 2. The Hall–Kier alpha value is -0.870. The minimum atomic E-state index is 0.226. The first-order valence-electron chi connectivity index (χ1n) is 4.61. The Morgan fingerprint density at radius 1 is 1.57 bits per heavy atom. The van der Waals surface area contributed by atoms with E-state index >= 15 is 0 Å². The summed E-state index contributed by atoms with van der Waals surface area (Å²) >= 11 is 5.74. The molecule has 1 aromatic heterocycles. The summed E-state index contributed by atoms with van der Waals surface area (Å²) in [6.07, 6.45) is 2.68. The van der Waals surface area contributed by atoms with Crippen molar-refractivity contribution in [1.29, 1.82) is 0 Å². The van der Waals surface area contributed by atoms with Crippen LogP contribution in [0.4, 0.5) is 5.82 Å². The van der Waals surface area contributed by atoms with Gasteiger partial charge in [-0.3, -0.25) is 0 Å². The minimum Gasteiger partial charge on any atom is -0.376 e. The quantitative estimate of drug-likeness (QED) is 0.760. The van der Waals surface area contributed by atoms with E-state index in [-0.39, 0.29) is 6.10 Å². The van der Waals surface area contributed by atoms with Crippen LogP contribution in [-0.2, 0) is 4.74 Å². The summed E-state index contributed by atoms with van der Waals surface area (Å²) in [7, 11) is 0. The number of anilines is 1. The zero-order valence-corrected chi connectivity index (χ0v) is 8.66. The van der Waals surface area contributed by atoms with Crippen LogP contribution in [0, 0.1) is 0 Å². The first-order valence-corrected chi connectivity index (χ1v) is 4.99. The van der Waals surface area contributed by atoms with Crippen LogP contribution in [0.5, 0.6) is 0 Å². The molecule has 0 aromatic carbocycles. The summed E-state index contributed by atoms with van der Waals surface area (Å²) in [6, 6.07) is 2.04. The molecule has 2 atom stereocenters. The lowest BCUT2D eigenvalue weighted by Gasteiger charge is -2.16. The molecule has 1 saturated heterocycles. The van der Waals surface area contributed by atoms with Crippen LogP contribution in [0.25, 0.3) is 0 Å². The Morgan fingerprint density at radius 3 is 3.07 bits per heavy atom. The van der Waals surface area contributed by atoms with Crippen LogP contribution >= 0.6 is 11.6 Å². The summed E-state index contributed by atoms with van der Waals surface area (Å²) in [5.74, 6) is 0.757. The third-order valence-electron chi connectivity index (χ3n) is 2.34. The van der Waals surface area contributed by atoms with Crippen molar-refractivity contribution >= 4 is 17.4 Å². The van der Waals surface area contributed by atoms with Gasteiger partial charge in [-0.15, -0.1) is 0 Å². The Kier molecular flexibility index (Phi) is 2.84. The summed E-state index contributed by atoms with van der Waals surface area (Å²) in [5, 5.41) is 3.72. The SMILES string of the molecule is CC1OCCC1Nc1cc(Cl)ncn1. The van der Waals surface area contributed by atoms with Gasteiger partial charge < -0.3 is 10.1 Å².